The highest BCUT2D eigenvalue weighted by atomic mass is 33.1. The molecule has 0 saturated carbocycles. The zero-order valence-corrected chi connectivity index (χ0v) is 38.2. The van der Waals surface area contributed by atoms with Crippen LogP contribution in [0.1, 0.15) is 50.7 Å². The standard InChI is InChI=1S/C47H64N6O6S2/c1-7-11-39(16-17-41-20-24-43(25-21-41)53(4)37-47(57)59-6)27-31-49-29-10-13-45(55)51-33-35-61-60-34-32-50-44(54)12-9-28-48-30-26-38(8-2)14-15-40-18-22-42(23-19-40)52(3)36-46(56)58-5/h7-8,11,14-27,30-31,48H,9-10,12-13,28-29,32-37H2,1-6H3,(H,50,54)(H,51,55)/b11-7-,15-14+,17-16+,30-26-,38-8-,39-27+,49-31?. The molecule has 2 amide bonds. The van der Waals surface area contributed by atoms with E-state index < -0.39 is 0 Å². The van der Waals surface area contributed by atoms with Crippen LogP contribution in [0.2, 0.25) is 0 Å². The zero-order valence-electron chi connectivity index (χ0n) is 36.6. The lowest BCUT2D eigenvalue weighted by Gasteiger charge is -2.17. The average molecular weight is 873 g/mol. The quantitative estimate of drug-likeness (QED) is 0.0247. The van der Waals surface area contributed by atoms with Crippen molar-refractivity contribution in [3.63, 3.8) is 0 Å². The van der Waals surface area contributed by atoms with E-state index in [-0.39, 0.29) is 36.8 Å². The fourth-order valence-corrected chi connectivity index (χ4v) is 7.08. The number of allylic oxidation sites excluding steroid dienone is 9. The minimum absolute atomic E-state index is 0.0227. The van der Waals surface area contributed by atoms with Crippen LogP contribution in [0.15, 0.2) is 113 Å². The summed E-state index contributed by atoms with van der Waals surface area (Å²) in [5.74, 6) is 1.09. The summed E-state index contributed by atoms with van der Waals surface area (Å²) in [6.45, 7) is 6.80. The van der Waals surface area contributed by atoms with Crippen LogP contribution < -0.4 is 25.8 Å². The zero-order chi connectivity index (χ0) is 44.5. The number of carbonyl (C=O) groups excluding carboxylic acids is 4. The molecule has 2 rings (SSSR count). The number of amides is 2. The number of carbonyl (C=O) groups is 4. The molecule has 0 saturated heterocycles. The normalized spacial score (nSPS) is 12.2. The molecule has 0 aliphatic rings. The molecule has 0 fully saturated rings. The summed E-state index contributed by atoms with van der Waals surface area (Å²) >= 11 is 0. The van der Waals surface area contributed by atoms with Gasteiger partial charge in [-0.15, -0.1) is 0 Å². The van der Waals surface area contributed by atoms with Crippen molar-refractivity contribution < 1.29 is 28.7 Å². The molecule has 0 heterocycles. The first-order valence-electron chi connectivity index (χ1n) is 20.4. The molecule has 0 atom stereocenters. The number of benzene rings is 2. The van der Waals surface area contributed by atoms with Gasteiger partial charge in [0.25, 0.3) is 0 Å². The summed E-state index contributed by atoms with van der Waals surface area (Å²) in [5.41, 5.74) is 5.99. The van der Waals surface area contributed by atoms with Gasteiger partial charge in [-0.05, 0) is 91.6 Å². The Morgan fingerprint density at radius 3 is 1.67 bits per heavy atom. The van der Waals surface area contributed by atoms with Crippen molar-refractivity contribution in [2.24, 2.45) is 4.99 Å². The summed E-state index contributed by atoms with van der Waals surface area (Å²) in [5, 5.41) is 9.19. The second-order valence-corrected chi connectivity index (χ2v) is 16.3. The van der Waals surface area contributed by atoms with E-state index in [1.807, 2.05) is 147 Å². The van der Waals surface area contributed by atoms with Gasteiger partial charge in [-0.3, -0.25) is 24.2 Å². The highest BCUT2D eigenvalue weighted by Gasteiger charge is 2.08. The van der Waals surface area contributed by atoms with Gasteiger partial charge in [0.05, 0.1) is 14.2 Å². The van der Waals surface area contributed by atoms with E-state index in [1.54, 1.807) is 27.8 Å². The number of nitrogens with one attached hydrogen (secondary N) is 3. The van der Waals surface area contributed by atoms with Crippen LogP contribution in [0.5, 0.6) is 0 Å². The summed E-state index contributed by atoms with van der Waals surface area (Å²) in [6.07, 6.45) is 24.0. The van der Waals surface area contributed by atoms with Crippen LogP contribution >= 0.6 is 21.6 Å². The van der Waals surface area contributed by atoms with Gasteiger partial charge in [0, 0.05) is 82.2 Å². The van der Waals surface area contributed by atoms with Crippen molar-refractivity contribution in [1.82, 2.24) is 16.0 Å². The third kappa shape index (κ3) is 24.4. The van der Waals surface area contributed by atoms with Gasteiger partial charge in [-0.2, -0.15) is 0 Å². The molecule has 0 bridgehead atoms. The molecule has 0 unspecified atom stereocenters. The van der Waals surface area contributed by atoms with Crippen molar-refractivity contribution in [3.05, 3.63) is 120 Å². The Bertz CT molecular complexity index is 1840. The van der Waals surface area contributed by atoms with Gasteiger partial charge < -0.3 is 35.2 Å². The molecule has 61 heavy (non-hydrogen) atoms. The molecule has 0 aliphatic carbocycles. The predicted molar refractivity (Wildman–Crippen MR) is 258 cm³/mol. The predicted octanol–water partition coefficient (Wildman–Crippen LogP) is 7.43. The van der Waals surface area contributed by atoms with Gasteiger partial charge in [0.15, 0.2) is 0 Å². The Morgan fingerprint density at radius 2 is 1.18 bits per heavy atom. The Labute approximate surface area is 371 Å². The molecule has 0 aromatic heterocycles. The van der Waals surface area contributed by atoms with Crippen molar-refractivity contribution in [1.29, 1.82) is 0 Å². The number of hydrogen-bond acceptors (Lipinski definition) is 12. The Hall–Kier alpha value is -5.47. The third-order valence-electron chi connectivity index (χ3n) is 8.77. The van der Waals surface area contributed by atoms with Crippen LogP contribution in [0.4, 0.5) is 11.4 Å². The Balaban J connectivity index is 1.50. The largest absolute Gasteiger partial charge is 0.468 e. The number of nitrogens with zero attached hydrogens (tertiary/aromatic N) is 3. The molecule has 12 nitrogen and oxygen atoms in total. The lowest BCUT2D eigenvalue weighted by Crippen LogP contribution is -2.26. The second-order valence-electron chi connectivity index (χ2n) is 13.6. The summed E-state index contributed by atoms with van der Waals surface area (Å²) in [7, 11) is 9.83. The van der Waals surface area contributed by atoms with E-state index in [0.717, 1.165) is 51.6 Å². The van der Waals surface area contributed by atoms with Gasteiger partial charge in [0.1, 0.15) is 13.1 Å². The van der Waals surface area contributed by atoms with E-state index in [1.165, 1.54) is 14.2 Å². The molecule has 0 spiro atoms. The molecule has 0 radical (unpaired) electrons. The van der Waals surface area contributed by atoms with Gasteiger partial charge in [-0.1, -0.05) is 88.4 Å². The maximum atomic E-state index is 12.2. The molecule has 2 aromatic carbocycles. The van der Waals surface area contributed by atoms with E-state index >= 15 is 0 Å². The van der Waals surface area contributed by atoms with Gasteiger partial charge in [0.2, 0.25) is 11.8 Å². The SMILES string of the molecule is C\C=C/C(/C=C/c1ccc(N(C)CC(=O)OC)cc1)=C\C=NCCCC(=O)NCCSSCCNC(=O)CCCN\C=C/C(=C\C)/C=C/c1ccc(N(C)CC(=O)OC)cc1. The summed E-state index contributed by atoms with van der Waals surface area (Å²) in [6, 6.07) is 15.9. The molecular weight excluding hydrogens is 809 g/mol. The molecule has 3 N–H and O–H groups in total. The molecule has 2 aromatic rings. The first-order valence-corrected chi connectivity index (χ1v) is 22.9. The number of methoxy groups -OCH3 is 2. The number of esters is 2. The van der Waals surface area contributed by atoms with Crippen LogP contribution in [-0.2, 0) is 28.7 Å². The number of anilines is 2. The smallest absolute Gasteiger partial charge is 0.325 e. The highest BCUT2D eigenvalue weighted by molar-refractivity contribution is 8.76. The number of ether oxygens (including phenoxy) is 2. The molecule has 0 aliphatic heterocycles. The summed E-state index contributed by atoms with van der Waals surface area (Å²) < 4.78 is 9.47. The lowest BCUT2D eigenvalue weighted by atomic mass is 10.1. The monoisotopic (exact) mass is 872 g/mol. The van der Waals surface area contributed by atoms with E-state index in [2.05, 4.69) is 20.9 Å². The highest BCUT2D eigenvalue weighted by Crippen LogP contribution is 2.20. The minimum atomic E-state index is -0.285. The lowest BCUT2D eigenvalue weighted by molar-refractivity contribution is -0.139. The van der Waals surface area contributed by atoms with Crippen LogP contribution in [0.25, 0.3) is 12.2 Å². The molecular formula is C47H64N6O6S2. The van der Waals surface area contributed by atoms with Crippen molar-refractivity contribution in [3.8, 4) is 0 Å². The molecule has 330 valence electrons. The van der Waals surface area contributed by atoms with Crippen LogP contribution in [0, 0.1) is 0 Å². The van der Waals surface area contributed by atoms with E-state index in [9.17, 15) is 19.2 Å². The third-order valence-corrected chi connectivity index (χ3v) is 11.2. The Morgan fingerprint density at radius 1 is 0.672 bits per heavy atom. The first-order chi connectivity index (χ1) is 29.6. The average Bonchev–Trinajstić information content (AvgIpc) is 3.27. The van der Waals surface area contributed by atoms with Crippen molar-refractivity contribution in [2.75, 3.05) is 88.9 Å². The molecule has 14 heteroatoms. The van der Waals surface area contributed by atoms with Gasteiger partial charge in [-0.25, -0.2) is 0 Å². The number of hydrogen-bond donors (Lipinski definition) is 3. The van der Waals surface area contributed by atoms with Crippen LogP contribution in [-0.4, -0.2) is 109 Å². The second kappa shape index (κ2) is 32.3. The van der Waals surface area contributed by atoms with Gasteiger partial charge >= 0.3 is 11.9 Å². The minimum Gasteiger partial charge on any atom is -0.468 e. The fraction of sp³-hybridized carbons (Fsp3) is 0.383. The van der Waals surface area contributed by atoms with E-state index in [0.29, 0.717) is 45.4 Å². The maximum Gasteiger partial charge on any atom is 0.325 e. The van der Waals surface area contributed by atoms with E-state index in [4.69, 9.17) is 9.47 Å². The number of rotatable bonds is 29. The Kier molecular flexibility index (Phi) is 27.4. The number of likely N-dealkylation sites (N-methyl/N-ethyl adjacent to an activating group) is 2. The first kappa shape index (κ1) is 51.7. The van der Waals surface area contributed by atoms with Crippen LogP contribution in [0.3, 0.4) is 0 Å². The topological polar surface area (TPSA) is 142 Å². The van der Waals surface area contributed by atoms with Crippen molar-refractivity contribution in [2.45, 2.75) is 39.5 Å². The number of aliphatic imine (C=N–C) groups is 1. The maximum absolute atomic E-state index is 12.2. The fourth-order valence-electron chi connectivity index (χ4n) is 5.26. The van der Waals surface area contributed by atoms with Crippen molar-refractivity contribution >= 4 is 75.1 Å². The summed E-state index contributed by atoms with van der Waals surface area (Å²) in [4.78, 5) is 55.6.